The van der Waals surface area contributed by atoms with Crippen molar-refractivity contribution >= 4 is 24.6 Å². The molecule has 0 fully saturated rings. The van der Waals surface area contributed by atoms with Crippen LogP contribution < -0.4 is 10.6 Å². The van der Waals surface area contributed by atoms with Gasteiger partial charge in [0, 0.05) is 6.54 Å². The molecule has 0 saturated carbocycles. The molecule has 10 nitrogen and oxygen atoms in total. The Morgan fingerprint density at radius 1 is 1.29 bits per heavy atom. The second kappa shape index (κ2) is 7.54. The molecule has 0 aromatic carbocycles. The fourth-order valence-corrected chi connectivity index (χ4v) is 2.68. The first kappa shape index (κ1) is 18.8. The summed E-state index contributed by atoms with van der Waals surface area (Å²) in [5, 5.41) is 0. The number of aromatic nitrogens is 4. The van der Waals surface area contributed by atoms with E-state index >= 15 is 0 Å². The van der Waals surface area contributed by atoms with Crippen molar-refractivity contribution in [2.24, 2.45) is 0 Å². The van der Waals surface area contributed by atoms with Gasteiger partial charge in [0.05, 0.1) is 34.1 Å². The Labute approximate surface area is 140 Å². The van der Waals surface area contributed by atoms with Crippen molar-refractivity contribution in [1.29, 1.82) is 0 Å². The lowest BCUT2D eigenvalue weighted by atomic mass is 10.5. The van der Waals surface area contributed by atoms with E-state index in [2.05, 4.69) is 15.0 Å². The summed E-state index contributed by atoms with van der Waals surface area (Å²) in [4.78, 5) is 23.8. The number of imidazole rings is 1. The fraction of sp³-hybridized carbons (Fsp3) is 0.615. The van der Waals surface area contributed by atoms with Crippen LogP contribution in [0, 0.1) is 0 Å². The Bertz CT molecular complexity index is 729. The van der Waals surface area contributed by atoms with Crippen molar-refractivity contribution in [3.8, 4) is 0 Å². The fourth-order valence-electron chi connectivity index (χ4n) is 1.89. The van der Waals surface area contributed by atoms with Crippen molar-refractivity contribution in [2.75, 3.05) is 53.0 Å². The minimum Gasteiger partial charge on any atom is -0.777 e. The lowest BCUT2D eigenvalue weighted by molar-refractivity contribution is -0.870. The van der Waals surface area contributed by atoms with Crippen molar-refractivity contribution in [2.45, 2.75) is 6.54 Å². The summed E-state index contributed by atoms with van der Waals surface area (Å²) >= 11 is 0. The van der Waals surface area contributed by atoms with Crippen LogP contribution in [0.15, 0.2) is 12.7 Å². The molecule has 1 atom stereocenters. The number of ether oxygens (including phenoxy) is 1. The second-order valence-corrected chi connectivity index (χ2v) is 8.10. The van der Waals surface area contributed by atoms with E-state index in [0.717, 1.165) is 0 Å². The van der Waals surface area contributed by atoms with Gasteiger partial charge in [-0.3, -0.25) is 0 Å². The van der Waals surface area contributed by atoms with Crippen LogP contribution in [0.25, 0.3) is 11.2 Å². The smallest absolute Gasteiger partial charge is 0.165 e. The minimum atomic E-state index is -3.99. The Balaban J connectivity index is 1.77. The Morgan fingerprint density at radius 2 is 2.04 bits per heavy atom. The molecule has 0 spiro atoms. The number of hydrogen-bond acceptors (Lipinski definition) is 8. The van der Waals surface area contributed by atoms with Gasteiger partial charge in [-0.25, -0.2) is 15.0 Å². The summed E-state index contributed by atoms with van der Waals surface area (Å²) in [5.41, 5.74) is 6.79. The first-order chi connectivity index (χ1) is 11.2. The van der Waals surface area contributed by atoms with E-state index in [1.165, 1.54) is 6.33 Å². The molecule has 2 N–H and O–H groups in total. The highest BCUT2D eigenvalue weighted by molar-refractivity contribution is 7.51. The van der Waals surface area contributed by atoms with Crippen LogP contribution >= 0.6 is 7.60 Å². The lowest BCUT2D eigenvalue weighted by Gasteiger charge is -2.27. The number of nitrogen functional groups attached to an aromatic ring is 1. The van der Waals surface area contributed by atoms with Gasteiger partial charge in [-0.05, 0) is 0 Å². The first-order valence-electron chi connectivity index (χ1n) is 7.42. The average molecular weight is 358 g/mol. The number of hydrogen-bond donors (Lipinski definition) is 1. The molecular weight excluding hydrogens is 335 g/mol. The van der Waals surface area contributed by atoms with Crippen LogP contribution in [0.1, 0.15) is 0 Å². The molecule has 24 heavy (non-hydrogen) atoms. The summed E-state index contributed by atoms with van der Waals surface area (Å²) in [5.74, 6) is 0.300. The largest absolute Gasteiger partial charge is 0.777 e. The molecule has 11 heteroatoms. The molecule has 0 aliphatic rings. The van der Waals surface area contributed by atoms with Crippen molar-refractivity contribution in [1.82, 2.24) is 19.5 Å². The van der Waals surface area contributed by atoms with Crippen LogP contribution in [-0.4, -0.2) is 71.3 Å². The van der Waals surface area contributed by atoms with Crippen LogP contribution in [0.2, 0.25) is 0 Å². The summed E-state index contributed by atoms with van der Waals surface area (Å²) in [6.07, 6.45) is 2.45. The topological polar surface area (TPSA) is 128 Å². The third-order valence-corrected chi connectivity index (χ3v) is 4.28. The lowest BCUT2D eigenvalue weighted by Crippen LogP contribution is -2.37. The standard InChI is InChI=1S/C13H23N6O4P/c1-19(2,3)5-7-23-24(20,21)10-22-6-4-18-9-17-11-12(14)15-8-16-13(11)18/h8-9H,4-7,10H2,1-3H3,(H2-,14,15,16,20,21). The van der Waals surface area contributed by atoms with Gasteiger partial charge in [0.25, 0.3) is 0 Å². The molecule has 2 aromatic heterocycles. The van der Waals surface area contributed by atoms with Crippen molar-refractivity contribution in [3.05, 3.63) is 12.7 Å². The van der Waals surface area contributed by atoms with Crippen LogP contribution in [0.4, 0.5) is 5.82 Å². The molecular formula is C13H23N6O4P. The van der Waals surface area contributed by atoms with E-state index in [9.17, 15) is 9.46 Å². The van der Waals surface area contributed by atoms with Gasteiger partial charge >= 0.3 is 0 Å². The third-order valence-electron chi connectivity index (χ3n) is 3.21. The number of nitrogens with zero attached hydrogens (tertiary/aromatic N) is 5. The van der Waals surface area contributed by atoms with E-state index in [-0.39, 0.29) is 13.2 Å². The maximum absolute atomic E-state index is 11.8. The molecule has 134 valence electrons. The summed E-state index contributed by atoms with van der Waals surface area (Å²) < 4.78 is 24.2. The van der Waals surface area contributed by atoms with Gasteiger partial charge in [-0.15, -0.1) is 0 Å². The molecule has 0 radical (unpaired) electrons. The second-order valence-electron chi connectivity index (χ2n) is 6.36. The van der Waals surface area contributed by atoms with Crippen LogP contribution in [-0.2, 0) is 20.4 Å². The average Bonchev–Trinajstić information content (AvgIpc) is 2.87. The summed E-state index contributed by atoms with van der Waals surface area (Å²) in [6, 6.07) is 0. The summed E-state index contributed by atoms with van der Waals surface area (Å²) in [7, 11) is 1.89. The summed E-state index contributed by atoms with van der Waals surface area (Å²) in [6.45, 7) is 1.30. The van der Waals surface area contributed by atoms with Crippen molar-refractivity contribution in [3.63, 3.8) is 0 Å². The highest BCUT2D eigenvalue weighted by Gasteiger charge is 2.13. The monoisotopic (exact) mass is 358 g/mol. The molecule has 0 bridgehead atoms. The van der Waals surface area contributed by atoms with E-state index < -0.39 is 13.9 Å². The highest BCUT2D eigenvalue weighted by atomic mass is 31.2. The number of fused-ring (bicyclic) bond motifs is 1. The number of anilines is 1. The third kappa shape index (κ3) is 5.50. The van der Waals surface area contributed by atoms with Gasteiger partial charge in [0.15, 0.2) is 19.1 Å². The highest BCUT2D eigenvalue weighted by Crippen LogP contribution is 2.36. The Morgan fingerprint density at radius 3 is 2.75 bits per heavy atom. The predicted molar refractivity (Wildman–Crippen MR) is 87.0 cm³/mol. The molecule has 1 unspecified atom stereocenters. The zero-order chi connectivity index (χ0) is 17.8. The molecule has 0 saturated heterocycles. The molecule has 2 rings (SSSR count). The normalized spacial score (nSPS) is 14.8. The van der Waals surface area contributed by atoms with E-state index in [4.69, 9.17) is 15.0 Å². The zero-order valence-electron chi connectivity index (χ0n) is 14.1. The van der Waals surface area contributed by atoms with Gasteiger partial charge in [0.1, 0.15) is 31.3 Å². The maximum atomic E-state index is 11.8. The van der Waals surface area contributed by atoms with E-state index in [1.807, 2.05) is 21.1 Å². The number of nitrogens with two attached hydrogens (primary N) is 1. The Hall–Kier alpha value is -1.58. The maximum Gasteiger partial charge on any atom is 0.165 e. The SMILES string of the molecule is C[N+](C)(C)CCOP(=O)([O-])COCCn1cnc2c(N)ncnc21. The molecule has 2 aromatic rings. The zero-order valence-corrected chi connectivity index (χ0v) is 15.0. The first-order valence-corrected chi connectivity index (χ1v) is 9.15. The Kier molecular flexibility index (Phi) is 5.89. The van der Waals surface area contributed by atoms with Crippen LogP contribution in [0.3, 0.4) is 0 Å². The molecule has 0 amide bonds. The van der Waals surface area contributed by atoms with Crippen LogP contribution in [0.5, 0.6) is 0 Å². The predicted octanol–water partition coefficient (Wildman–Crippen LogP) is -0.341. The number of rotatable bonds is 9. The quantitative estimate of drug-likeness (QED) is 0.366. The molecule has 2 heterocycles. The van der Waals surface area contributed by atoms with E-state index in [1.54, 1.807) is 10.9 Å². The van der Waals surface area contributed by atoms with Gasteiger partial charge in [0.2, 0.25) is 0 Å². The molecule has 0 aliphatic carbocycles. The number of likely N-dealkylation sites (N-methyl/N-ethyl adjacent to an activating group) is 1. The van der Waals surface area contributed by atoms with Crippen molar-refractivity contribution < 1.29 is 23.2 Å². The van der Waals surface area contributed by atoms with Gasteiger partial charge in [-0.1, -0.05) is 0 Å². The van der Waals surface area contributed by atoms with E-state index in [0.29, 0.717) is 34.6 Å². The van der Waals surface area contributed by atoms with Gasteiger partial charge in [-0.2, -0.15) is 0 Å². The molecule has 0 aliphatic heterocycles. The minimum absolute atomic E-state index is 0.135. The van der Waals surface area contributed by atoms with Gasteiger partial charge < -0.3 is 33.5 Å². The number of quaternary nitrogens is 1.